The van der Waals surface area contributed by atoms with Gasteiger partial charge in [-0.2, -0.15) is 0 Å². The first kappa shape index (κ1) is 34.9. The molecule has 0 aliphatic rings. The summed E-state index contributed by atoms with van der Waals surface area (Å²) >= 11 is 0. The molecule has 10 aromatic carbocycles. The minimum Gasteiger partial charge on any atom is -0.437 e. The number of hydrogen-bond donors (Lipinski definition) is 0. The summed E-state index contributed by atoms with van der Waals surface area (Å²) in [7, 11) is 0. The Balaban J connectivity index is 0.925. The Morgan fingerprint density at radius 2 is 0.656 bits per heavy atom. The van der Waals surface area contributed by atoms with Gasteiger partial charge in [0.05, 0.1) is 0 Å². The summed E-state index contributed by atoms with van der Waals surface area (Å²) in [6.45, 7) is 0. The zero-order valence-corrected chi connectivity index (χ0v) is 33.2. The summed E-state index contributed by atoms with van der Waals surface area (Å²) in [6.07, 6.45) is 1.78. The van der Waals surface area contributed by atoms with Gasteiger partial charge in [-0.05, 0) is 148 Å². The third kappa shape index (κ3) is 6.08. The van der Waals surface area contributed by atoms with E-state index in [9.17, 15) is 0 Å². The fourth-order valence-electron chi connectivity index (χ4n) is 9.33. The van der Waals surface area contributed by atoms with Crippen LogP contribution in [-0.4, -0.2) is 4.98 Å². The molecular weight excluding hydrogens is 739 g/mol. The number of benzene rings is 10. The lowest BCUT2D eigenvalue weighted by Gasteiger charge is -2.13. The fourth-order valence-corrected chi connectivity index (χ4v) is 9.33. The molecule has 0 saturated heterocycles. The molecular formula is C59H37NO. The van der Waals surface area contributed by atoms with Crippen molar-refractivity contribution in [2.45, 2.75) is 0 Å². The standard InChI is InChI=1S/C59H37NO/c1-2-13-38(14-3-1)46-34-47(36-48(35-46)49-25-11-26-55-56-27-12-30-60-59(56)61-58(49)55)44-20-10-18-42(33-44)40-16-8-15-39(31-40)41-17-9-19-43(32-41)45-28-29-54-52-23-5-4-21-50(52)51-22-6-7-24-53(51)57(54)37-45/h1-37H. The molecule has 0 fully saturated rings. The SMILES string of the molecule is c1ccc(-c2cc(-c3cccc(-c4cccc(-c5cccc(-c6ccc7c8ccccc8c8ccccc8c7c6)c5)c4)c3)cc(-c3cccc4c3oc3ncccc34)c2)cc1. The highest BCUT2D eigenvalue weighted by molar-refractivity contribution is 6.25. The minimum atomic E-state index is 0.655. The van der Waals surface area contributed by atoms with Crippen molar-refractivity contribution in [1.82, 2.24) is 4.98 Å². The van der Waals surface area contributed by atoms with E-state index in [0.717, 1.165) is 44.2 Å². The van der Waals surface area contributed by atoms with Gasteiger partial charge >= 0.3 is 0 Å². The second-order valence-corrected chi connectivity index (χ2v) is 15.9. The molecule has 0 bridgehead atoms. The zero-order chi connectivity index (χ0) is 40.3. The predicted octanol–water partition coefficient (Wildman–Crippen LogP) is 16.4. The van der Waals surface area contributed by atoms with Gasteiger partial charge in [-0.1, -0.05) is 164 Å². The maximum atomic E-state index is 6.42. The molecule has 284 valence electrons. The van der Waals surface area contributed by atoms with Crippen LogP contribution in [-0.2, 0) is 0 Å². The van der Waals surface area contributed by atoms with E-state index >= 15 is 0 Å². The summed E-state index contributed by atoms with van der Waals surface area (Å²) in [4.78, 5) is 4.53. The maximum Gasteiger partial charge on any atom is 0.227 e. The predicted molar refractivity (Wildman–Crippen MR) is 257 cm³/mol. The second-order valence-electron chi connectivity index (χ2n) is 15.9. The van der Waals surface area contributed by atoms with Crippen LogP contribution in [0.1, 0.15) is 0 Å². The number of aromatic nitrogens is 1. The molecule has 0 atom stereocenters. The largest absolute Gasteiger partial charge is 0.437 e. The van der Waals surface area contributed by atoms with Crippen molar-refractivity contribution < 1.29 is 4.42 Å². The number of nitrogens with zero attached hydrogens (tertiary/aromatic N) is 1. The molecule has 2 aromatic heterocycles. The molecule has 12 aromatic rings. The Morgan fingerprint density at radius 3 is 1.26 bits per heavy atom. The van der Waals surface area contributed by atoms with Gasteiger partial charge in [0.2, 0.25) is 5.71 Å². The van der Waals surface area contributed by atoms with E-state index in [2.05, 4.69) is 217 Å². The van der Waals surface area contributed by atoms with E-state index in [1.54, 1.807) is 6.20 Å². The Morgan fingerprint density at radius 1 is 0.246 bits per heavy atom. The van der Waals surface area contributed by atoms with Gasteiger partial charge in [0, 0.05) is 22.5 Å². The minimum absolute atomic E-state index is 0.655. The van der Waals surface area contributed by atoms with Gasteiger partial charge in [-0.25, -0.2) is 4.98 Å². The Kier molecular flexibility index (Phi) is 8.21. The van der Waals surface area contributed by atoms with E-state index in [4.69, 9.17) is 4.42 Å². The van der Waals surface area contributed by atoms with E-state index < -0.39 is 0 Å². The first-order valence-corrected chi connectivity index (χ1v) is 20.8. The first-order valence-electron chi connectivity index (χ1n) is 20.8. The van der Waals surface area contributed by atoms with Crippen molar-refractivity contribution in [3.63, 3.8) is 0 Å². The maximum absolute atomic E-state index is 6.42. The van der Waals surface area contributed by atoms with E-state index in [1.165, 1.54) is 71.3 Å². The highest BCUT2D eigenvalue weighted by Gasteiger charge is 2.16. The van der Waals surface area contributed by atoms with Crippen LogP contribution in [0.4, 0.5) is 0 Å². The van der Waals surface area contributed by atoms with Crippen molar-refractivity contribution in [2.75, 3.05) is 0 Å². The molecule has 0 spiro atoms. The van der Waals surface area contributed by atoms with Crippen molar-refractivity contribution in [2.24, 2.45) is 0 Å². The molecule has 2 heteroatoms. The van der Waals surface area contributed by atoms with Crippen molar-refractivity contribution in [1.29, 1.82) is 0 Å². The summed E-state index contributed by atoms with van der Waals surface area (Å²) in [5.74, 6) is 0. The van der Waals surface area contributed by atoms with Crippen LogP contribution in [0.25, 0.3) is 121 Å². The molecule has 2 heterocycles. The lowest BCUT2D eigenvalue weighted by molar-refractivity contribution is 0.655. The van der Waals surface area contributed by atoms with Crippen LogP contribution in [0.3, 0.4) is 0 Å². The molecule has 0 amide bonds. The Bertz CT molecular complexity index is 3620. The lowest BCUT2D eigenvalue weighted by atomic mass is 9.90. The van der Waals surface area contributed by atoms with Crippen LogP contribution < -0.4 is 0 Å². The van der Waals surface area contributed by atoms with Crippen LogP contribution in [0.2, 0.25) is 0 Å². The number of furan rings is 1. The van der Waals surface area contributed by atoms with E-state index in [0.29, 0.717) is 5.71 Å². The average Bonchev–Trinajstić information content (AvgIpc) is 3.73. The Hall–Kier alpha value is -8.07. The van der Waals surface area contributed by atoms with Gasteiger partial charge in [0.1, 0.15) is 5.58 Å². The summed E-state index contributed by atoms with van der Waals surface area (Å²) in [6, 6.07) is 79.2. The zero-order valence-electron chi connectivity index (χ0n) is 33.2. The van der Waals surface area contributed by atoms with Gasteiger partial charge in [-0.3, -0.25) is 0 Å². The highest BCUT2D eigenvalue weighted by Crippen LogP contribution is 2.41. The molecule has 12 rings (SSSR count). The number of fused-ring (bicyclic) bond motifs is 9. The van der Waals surface area contributed by atoms with Crippen LogP contribution in [0.15, 0.2) is 229 Å². The third-order valence-electron chi connectivity index (χ3n) is 12.3. The summed E-state index contributed by atoms with van der Waals surface area (Å²) < 4.78 is 6.42. The van der Waals surface area contributed by atoms with Crippen molar-refractivity contribution in [3.8, 4) is 66.8 Å². The topological polar surface area (TPSA) is 26.0 Å². The molecule has 0 aliphatic heterocycles. The van der Waals surface area contributed by atoms with Crippen LogP contribution >= 0.6 is 0 Å². The van der Waals surface area contributed by atoms with Crippen LogP contribution in [0.5, 0.6) is 0 Å². The van der Waals surface area contributed by atoms with Gasteiger partial charge in [0.25, 0.3) is 0 Å². The van der Waals surface area contributed by atoms with Gasteiger partial charge in [0.15, 0.2) is 0 Å². The average molecular weight is 776 g/mol. The molecule has 0 aliphatic carbocycles. The first-order chi connectivity index (χ1) is 30.2. The van der Waals surface area contributed by atoms with Gasteiger partial charge < -0.3 is 4.42 Å². The fraction of sp³-hybridized carbons (Fsp3) is 0. The van der Waals surface area contributed by atoms with Crippen LogP contribution in [0, 0.1) is 0 Å². The molecule has 0 N–H and O–H groups in total. The quantitative estimate of drug-likeness (QED) is 0.157. The summed E-state index contributed by atoms with van der Waals surface area (Å²) in [5.41, 5.74) is 15.4. The van der Waals surface area contributed by atoms with E-state index in [1.807, 2.05) is 6.07 Å². The molecule has 61 heavy (non-hydrogen) atoms. The molecule has 0 saturated carbocycles. The van der Waals surface area contributed by atoms with Gasteiger partial charge in [-0.15, -0.1) is 0 Å². The normalized spacial score (nSPS) is 11.6. The smallest absolute Gasteiger partial charge is 0.227 e. The number of hydrogen-bond acceptors (Lipinski definition) is 2. The van der Waals surface area contributed by atoms with E-state index in [-0.39, 0.29) is 0 Å². The number of rotatable bonds is 6. The molecule has 2 nitrogen and oxygen atoms in total. The highest BCUT2D eigenvalue weighted by atomic mass is 16.3. The monoisotopic (exact) mass is 775 g/mol. The number of pyridine rings is 1. The second kappa shape index (κ2) is 14.3. The van der Waals surface area contributed by atoms with Crippen molar-refractivity contribution >= 4 is 54.4 Å². The summed E-state index contributed by atoms with van der Waals surface area (Å²) in [5, 5.41) is 9.83. The number of para-hydroxylation sites is 1. The Labute approximate surface area is 353 Å². The van der Waals surface area contributed by atoms with Crippen molar-refractivity contribution in [3.05, 3.63) is 225 Å². The lowest BCUT2D eigenvalue weighted by Crippen LogP contribution is -1.88. The molecule has 0 unspecified atom stereocenters. The molecule has 0 radical (unpaired) electrons. The third-order valence-corrected chi connectivity index (χ3v) is 12.3.